The molecule has 28 heavy (non-hydrogen) atoms. The van der Waals surface area contributed by atoms with Crippen LogP contribution >= 0.6 is 0 Å². The quantitative estimate of drug-likeness (QED) is 0.612. The molecule has 1 aromatic carbocycles. The summed E-state index contributed by atoms with van der Waals surface area (Å²) in [6.07, 6.45) is -3.46. The first-order valence-corrected chi connectivity index (χ1v) is 8.29. The molecule has 0 amide bonds. The van der Waals surface area contributed by atoms with Crippen LogP contribution in [-0.2, 0) is 10.9 Å². The normalized spacial score (nSPS) is 11.3. The number of benzene rings is 1. The highest BCUT2D eigenvalue weighted by Crippen LogP contribution is 2.34. The SMILES string of the molecule is CCOC(=O)c1cc(-c2ccc(OC)cc2)nn1-c1ncccc1C(F)(F)F. The molecule has 0 bridgehead atoms. The monoisotopic (exact) mass is 391 g/mol. The summed E-state index contributed by atoms with van der Waals surface area (Å²) in [5, 5.41) is 4.20. The first kappa shape index (κ1) is 19.4. The van der Waals surface area contributed by atoms with E-state index in [0.29, 0.717) is 17.0 Å². The van der Waals surface area contributed by atoms with Crippen LogP contribution in [0.1, 0.15) is 23.0 Å². The molecule has 2 heterocycles. The smallest absolute Gasteiger partial charge is 0.420 e. The Kier molecular flexibility index (Phi) is 5.34. The fourth-order valence-electron chi connectivity index (χ4n) is 2.58. The maximum atomic E-state index is 13.4. The van der Waals surface area contributed by atoms with E-state index in [2.05, 4.69) is 10.1 Å². The number of pyridine rings is 1. The van der Waals surface area contributed by atoms with E-state index in [9.17, 15) is 18.0 Å². The molecule has 0 spiro atoms. The number of esters is 1. The van der Waals surface area contributed by atoms with Crippen LogP contribution in [0.3, 0.4) is 0 Å². The van der Waals surface area contributed by atoms with E-state index >= 15 is 0 Å². The molecular weight excluding hydrogens is 375 g/mol. The average Bonchev–Trinajstić information content (AvgIpc) is 3.13. The molecule has 0 aliphatic rings. The number of hydrogen-bond acceptors (Lipinski definition) is 5. The van der Waals surface area contributed by atoms with Crippen molar-refractivity contribution in [3.8, 4) is 22.8 Å². The van der Waals surface area contributed by atoms with Gasteiger partial charge in [0.05, 0.1) is 19.4 Å². The number of nitrogens with zero attached hydrogens (tertiary/aromatic N) is 3. The van der Waals surface area contributed by atoms with Crippen molar-refractivity contribution in [3.05, 3.63) is 59.9 Å². The number of aromatic nitrogens is 3. The first-order valence-electron chi connectivity index (χ1n) is 8.29. The number of carbonyl (C=O) groups excluding carboxylic acids is 1. The molecule has 0 radical (unpaired) electrons. The molecule has 9 heteroatoms. The molecule has 3 rings (SSSR count). The number of rotatable bonds is 5. The van der Waals surface area contributed by atoms with Gasteiger partial charge in [-0.15, -0.1) is 0 Å². The average molecular weight is 391 g/mol. The maximum absolute atomic E-state index is 13.4. The van der Waals surface area contributed by atoms with Gasteiger partial charge in [-0.25, -0.2) is 14.5 Å². The van der Waals surface area contributed by atoms with Crippen molar-refractivity contribution in [2.45, 2.75) is 13.1 Å². The zero-order chi connectivity index (χ0) is 20.3. The minimum Gasteiger partial charge on any atom is -0.497 e. The molecule has 0 saturated carbocycles. The fraction of sp³-hybridized carbons (Fsp3) is 0.211. The van der Waals surface area contributed by atoms with Crippen molar-refractivity contribution in [1.82, 2.24) is 14.8 Å². The summed E-state index contributed by atoms with van der Waals surface area (Å²) in [5.74, 6) is -0.691. The molecule has 0 aliphatic heterocycles. The van der Waals surface area contributed by atoms with Gasteiger partial charge in [-0.05, 0) is 49.4 Å². The Labute approximate surface area is 158 Å². The molecule has 0 unspecified atom stereocenters. The number of methoxy groups -OCH3 is 1. The lowest BCUT2D eigenvalue weighted by Gasteiger charge is -2.13. The lowest BCUT2D eigenvalue weighted by atomic mass is 10.1. The Hall–Kier alpha value is -3.36. The Morgan fingerprint density at radius 3 is 2.50 bits per heavy atom. The molecule has 3 aromatic rings. The third-order valence-corrected chi connectivity index (χ3v) is 3.87. The van der Waals surface area contributed by atoms with Gasteiger partial charge in [-0.1, -0.05) is 0 Å². The van der Waals surface area contributed by atoms with Gasteiger partial charge in [0, 0.05) is 11.8 Å². The van der Waals surface area contributed by atoms with Gasteiger partial charge >= 0.3 is 12.1 Å². The molecule has 0 fully saturated rings. The number of hydrogen-bond donors (Lipinski definition) is 0. The highest BCUT2D eigenvalue weighted by atomic mass is 19.4. The largest absolute Gasteiger partial charge is 0.497 e. The summed E-state index contributed by atoms with van der Waals surface area (Å²) in [6, 6.07) is 10.2. The molecule has 0 N–H and O–H groups in total. The van der Waals surface area contributed by atoms with Crippen molar-refractivity contribution < 1.29 is 27.4 Å². The van der Waals surface area contributed by atoms with Crippen molar-refractivity contribution in [2.75, 3.05) is 13.7 Å². The first-order chi connectivity index (χ1) is 13.3. The maximum Gasteiger partial charge on any atom is 0.420 e. The van der Waals surface area contributed by atoms with E-state index in [0.717, 1.165) is 10.7 Å². The van der Waals surface area contributed by atoms with Crippen LogP contribution in [0.4, 0.5) is 13.2 Å². The molecule has 146 valence electrons. The minimum atomic E-state index is -4.66. The van der Waals surface area contributed by atoms with Gasteiger partial charge in [0.1, 0.15) is 11.3 Å². The topological polar surface area (TPSA) is 66.2 Å². The zero-order valence-corrected chi connectivity index (χ0v) is 15.0. The number of carbonyl (C=O) groups is 1. The van der Waals surface area contributed by atoms with Gasteiger partial charge in [-0.2, -0.15) is 18.3 Å². The van der Waals surface area contributed by atoms with Crippen molar-refractivity contribution >= 4 is 5.97 Å². The number of ether oxygens (including phenoxy) is 2. The van der Waals surface area contributed by atoms with Gasteiger partial charge in [0.25, 0.3) is 0 Å². The van der Waals surface area contributed by atoms with E-state index in [1.165, 1.54) is 25.4 Å². The van der Waals surface area contributed by atoms with E-state index in [-0.39, 0.29) is 12.3 Å². The van der Waals surface area contributed by atoms with Crippen molar-refractivity contribution in [3.63, 3.8) is 0 Å². The summed E-state index contributed by atoms with van der Waals surface area (Å²) in [7, 11) is 1.52. The zero-order valence-electron chi connectivity index (χ0n) is 15.0. The molecule has 0 atom stereocenters. The summed E-state index contributed by atoms with van der Waals surface area (Å²) in [4.78, 5) is 16.1. The predicted octanol–water partition coefficient (Wildman–Crippen LogP) is 4.14. The van der Waals surface area contributed by atoms with E-state index in [4.69, 9.17) is 9.47 Å². The van der Waals surface area contributed by atoms with Crippen LogP contribution in [0.5, 0.6) is 5.75 Å². The Bertz CT molecular complexity index is 982. The lowest BCUT2D eigenvalue weighted by molar-refractivity contribution is -0.137. The van der Waals surface area contributed by atoms with Crippen LogP contribution in [0.15, 0.2) is 48.7 Å². The predicted molar refractivity (Wildman–Crippen MR) is 94.3 cm³/mol. The lowest BCUT2D eigenvalue weighted by Crippen LogP contribution is -2.17. The van der Waals surface area contributed by atoms with E-state index in [1.807, 2.05) is 0 Å². The summed E-state index contributed by atoms with van der Waals surface area (Å²) >= 11 is 0. The van der Waals surface area contributed by atoms with Gasteiger partial charge < -0.3 is 9.47 Å². The van der Waals surface area contributed by atoms with Crippen molar-refractivity contribution in [1.29, 1.82) is 0 Å². The standard InChI is InChI=1S/C19H16F3N3O3/c1-3-28-18(26)16-11-15(12-6-8-13(27-2)9-7-12)24-25(16)17-14(19(20,21)22)5-4-10-23-17/h4-11H,3H2,1-2H3. The second kappa shape index (κ2) is 7.71. The summed E-state index contributed by atoms with van der Waals surface area (Å²) in [5.41, 5.74) is -0.277. The number of alkyl halides is 3. The van der Waals surface area contributed by atoms with Gasteiger partial charge in [0.15, 0.2) is 11.5 Å². The van der Waals surface area contributed by atoms with Crippen LogP contribution in [0, 0.1) is 0 Å². The second-order valence-corrected chi connectivity index (χ2v) is 5.65. The highest BCUT2D eigenvalue weighted by molar-refractivity contribution is 5.89. The molecule has 0 aliphatic carbocycles. The minimum absolute atomic E-state index is 0.0657. The molecular formula is C19H16F3N3O3. The Morgan fingerprint density at radius 2 is 1.89 bits per heavy atom. The fourth-order valence-corrected chi connectivity index (χ4v) is 2.58. The van der Waals surface area contributed by atoms with Crippen LogP contribution in [-0.4, -0.2) is 34.5 Å². The molecule has 2 aromatic heterocycles. The molecule has 0 saturated heterocycles. The third-order valence-electron chi connectivity index (χ3n) is 3.87. The van der Waals surface area contributed by atoms with Gasteiger partial charge in [0.2, 0.25) is 0 Å². The summed E-state index contributed by atoms with van der Waals surface area (Å²) in [6.45, 7) is 1.67. The van der Waals surface area contributed by atoms with Crippen molar-refractivity contribution in [2.24, 2.45) is 0 Å². The van der Waals surface area contributed by atoms with Gasteiger partial charge in [-0.3, -0.25) is 0 Å². The van der Waals surface area contributed by atoms with Crippen LogP contribution in [0.2, 0.25) is 0 Å². The van der Waals surface area contributed by atoms with E-state index < -0.39 is 23.5 Å². The Balaban J connectivity index is 2.17. The van der Waals surface area contributed by atoms with E-state index in [1.54, 1.807) is 31.2 Å². The second-order valence-electron chi connectivity index (χ2n) is 5.65. The third kappa shape index (κ3) is 3.83. The van der Waals surface area contributed by atoms with Crippen LogP contribution < -0.4 is 4.74 Å². The number of halogens is 3. The highest BCUT2D eigenvalue weighted by Gasteiger charge is 2.36. The van der Waals surface area contributed by atoms with Crippen LogP contribution in [0.25, 0.3) is 17.1 Å². The summed E-state index contributed by atoms with van der Waals surface area (Å²) < 4.78 is 51.2. The Morgan fingerprint density at radius 1 is 1.18 bits per heavy atom. The molecule has 6 nitrogen and oxygen atoms in total.